The standard InChI is InChI=1S/C18H21FN2O3S2/c1-13-8-11-25-17(13)12-20-18(22)14-6-9-21(10-7-14)26(23,24)16-4-2-15(19)3-5-16/h2-5,8,11,14H,6-7,9-10,12H2,1H3,(H,20,22). The second kappa shape index (κ2) is 7.85. The Morgan fingerprint density at radius 1 is 1.23 bits per heavy atom. The van der Waals surface area contributed by atoms with Crippen LogP contribution in [0.5, 0.6) is 0 Å². The molecular weight excluding hydrogens is 375 g/mol. The van der Waals surface area contributed by atoms with Crippen LogP contribution in [0, 0.1) is 18.7 Å². The number of halogens is 1. The average Bonchev–Trinajstić information content (AvgIpc) is 3.05. The van der Waals surface area contributed by atoms with Crippen molar-refractivity contribution in [1.29, 1.82) is 0 Å². The molecular formula is C18H21FN2O3S2. The van der Waals surface area contributed by atoms with Gasteiger partial charge in [-0.25, -0.2) is 12.8 Å². The van der Waals surface area contributed by atoms with E-state index >= 15 is 0 Å². The van der Waals surface area contributed by atoms with Gasteiger partial charge in [-0.1, -0.05) is 0 Å². The second-order valence-electron chi connectivity index (χ2n) is 6.38. The Morgan fingerprint density at radius 2 is 1.88 bits per heavy atom. The van der Waals surface area contributed by atoms with Gasteiger partial charge in [-0.05, 0) is 61.0 Å². The molecule has 1 fully saturated rings. The van der Waals surface area contributed by atoms with E-state index in [-0.39, 0.29) is 29.8 Å². The number of carbonyl (C=O) groups excluding carboxylic acids is 1. The summed E-state index contributed by atoms with van der Waals surface area (Å²) in [5.41, 5.74) is 1.16. The highest BCUT2D eigenvalue weighted by molar-refractivity contribution is 7.89. The lowest BCUT2D eigenvalue weighted by atomic mass is 9.97. The first kappa shape index (κ1) is 19.0. The fraction of sp³-hybridized carbons (Fsp3) is 0.389. The maximum atomic E-state index is 13.0. The lowest BCUT2D eigenvalue weighted by Gasteiger charge is -2.30. The van der Waals surface area contributed by atoms with Crippen molar-refractivity contribution in [2.75, 3.05) is 13.1 Å². The lowest BCUT2D eigenvalue weighted by Crippen LogP contribution is -2.42. The number of sulfonamides is 1. The monoisotopic (exact) mass is 396 g/mol. The summed E-state index contributed by atoms with van der Waals surface area (Å²) in [5.74, 6) is -0.688. The van der Waals surface area contributed by atoms with Crippen LogP contribution in [-0.4, -0.2) is 31.7 Å². The Kier molecular flexibility index (Phi) is 5.74. The van der Waals surface area contributed by atoms with Crippen molar-refractivity contribution in [3.63, 3.8) is 0 Å². The van der Waals surface area contributed by atoms with Gasteiger partial charge in [-0.15, -0.1) is 11.3 Å². The third kappa shape index (κ3) is 4.13. The molecule has 0 bridgehead atoms. The van der Waals surface area contributed by atoms with Gasteiger partial charge < -0.3 is 5.32 Å². The van der Waals surface area contributed by atoms with Crippen LogP contribution < -0.4 is 5.32 Å². The molecule has 1 saturated heterocycles. The molecule has 1 amide bonds. The third-order valence-corrected chi connectivity index (χ3v) is 7.60. The maximum Gasteiger partial charge on any atom is 0.243 e. The number of nitrogens with zero attached hydrogens (tertiary/aromatic N) is 1. The van der Waals surface area contributed by atoms with E-state index in [1.54, 1.807) is 11.3 Å². The largest absolute Gasteiger partial charge is 0.351 e. The average molecular weight is 397 g/mol. The lowest BCUT2D eigenvalue weighted by molar-refractivity contribution is -0.126. The van der Waals surface area contributed by atoms with Crippen molar-refractivity contribution < 1.29 is 17.6 Å². The molecule has 5 nitrogen and oxygen atoms in total. The minimum absolute atomic E-state index is 0.0309. The number of thiophene rings is 1. The fourth-order valence-corrected chi connectivity index (χ4v) is 5.33. The molecule has 1 aromatic heterocycles. The number of nitrogens with one attached hydrogen (secondary N) is 1. The molecule has 0 spiro atoms. The summed E-state index contributed by atoms with van der Waals surface area (Å²) in [7, 11) is -3.64. The van der Waals surface area contributed by atoms with Crippen LogP contribution in [0.1, 0.15) is 23.3 Å². The van der Waals surface area contributed by atoms with E-state index < -0.39 is 15.8 Å². The van der Waals surface area contributed by atoms with Crippen molar-refractivity contribution in [2.45, 2.75) is 31.2 Å². The predicted octanol–water partition coefficient (Wildman–Crippen LogP) is 2.91. The van der Waals surface area contributed by atoms with Crippen molar-refractivity contribution >= 4 is 27.3 Å². The molecule has 3 rings (SSSR count). The first-order chi connectivity index (χ1) is 12.4. The van der Waals surface area contributed by atoms with Crippen molar-refractivity contribution in [3.05, 3.63) is 52.0 Å². The van der Waals surface area contributed by atoms with E-state index in [2.05, 4.69) is 5.32 Å². The smallest absolute Gasteiger partial charge is 0.243 e. The number of carbonyl (C=O) groups is 1. The van der Waals surface area contributed by atoms with E-state index in [0.29, 0.717) is 19.4 Å². The topological polar surface area (TPSA) is 66.5 Å². The molecule has 140 valence electrons. The Morgan fingerprint density at radius 3 is 2.46 bits per heavy atom. The highest BCUT2D eigenvalue weighted by Crippen LogP contribution is 2.24. The SMILES string of the molecule is Cc1ccsc1CNC(=O)C1CCN(S(=O)(=O)c2ccc(F)cc2)CC1. The van der Waals surface area contributed by atoms with Gasteiger partial charge in [-0.2, -0.15) is 4.31 Å². The van der Waals surface area contributed by atoms with Crippen LogP contribution in [0.4, 0.5) is 4.39 Å². The van der Waals surface area contributed by atoms with E-state index in [4.69, 9.17) is 0 Å². The van der Waals surface area contributed by atoms with E-state index in [1.165, 1.54) is 16.4 Å². The van der Waals surface area contributed by atoms with Crippen LogP contribution in [0.15, 0.2) is 40.6 Å². The second-order valence-corrected chi connectivity index (χ2v) is 9.32. The molecule has 1 aliphatic heterocycles. The van der Waals surface area contributed by atoms with E-state index in [1.807, 2.05) is 18.4 Å². The molecule has 0 atom stereocenters. The van der Waals surface area contributed by atoms with E-state index in [0.717, 1.165) is 22.6 Å². The number of benzene rings is 1. The maximum absolute atomic E-state index is 13.0. The highest BCUT2D eigenvalue weighted by Gasteiger charge is 2.32. The molecule has 0 saturated carbocycles. The first-order valence-electron chi connectivity index (χ1n) is 8.44. The molecule has 1 aliphatic rings. The van der Waals surface area contributed by atoms with Gasteiger partial charge in [0.2, 0.25) is 15.9 Å². The summed E-state index contributed by atoms with van der Waals surface area (Å²) in [5, 5.41) is 4.94. The molecule has 2 heterocycles. The summed E-state index contributed by atoms with van der Waals surface area (Å²) >= 11 is 1.61. The molecule has 1 N–H and O–H groups in total. The van der Waals surface area contributed by atoms with Crippen LogP contribution in [0.3, 0.4) is 0 Å². The highest BCUT2D eigenvalue weighted by atomic mass is 32.2. The van der Waals surface area contributed by atoms with E-state index in [9.17, 15) is 17.6 Å². The number of aryl methyl sites for hydroxylation is 1. The molecule has 1 aromatic carbocycles. The van der Waals surface area contributed by atoms with Crippen LogP contribution in [-0.2, 0) is 21.4 Å². The molecule has 26 heavy (non-hydrogen) atoms. The summed E-state index contributed by atoms with van der Waals surface area (Å²) in [6.07, 6.45) is 0.964. The first-order valence-corrected chi connectivity index (χ1v) is 10.8. The molecule has 0 unspecified atom stereocenters. The van der Waals surface area contributed by atoms with Gasteiger partial charge in [0.05, 0.1) is 11.4 Å². The Hall–Kier alpha value is -1.77. The normalized spacial score (nSPS) is 16.5. The van der Waals surface area contributed by atoms with Gasteiger partial charge in [0.25, 0.3) is 0 Å². The van der Waals surface area contributed by atoms with Gasteiger partial charge in [0, 0.05) is 23.9 Å². The quantitative estimate of drug-likeness (QED) is 0.845. The zero-order chi connectivity index (χ0) is 18.7. The molecule has 2 aromatic rings. The number of piperidine rings is 1. The van der Waals surface area contributed by atoms with Crippen LogP contribution in [0.25, 0.3) is 0 Å². The number of rotatable bonds is 5. The fourth-order valence-electron chi connectivity index (χ4n) is 3.01. The summed E-state index contributed by atoms with van der Waals surface area (Å²) in [6, 6.07) is 6.84. The minimum atomic E-state index is -3.64. The molecule has 8 heteroatoms. The number of amides is 1. The number of hydrogen-bond acceptors (Lipinski definition) is 4. The third-order valence-electron chi connectivity index (χ3n) is 4.67. The summed E-state index contributed by atoms with van der Waals surface area (Å²) < 4.78 is 39.6. The summed E-state index contributed by atoms with van der Waals surface area (Å²) in [4.78, 5) is 13.6. The van der Waals surface area contributed by atoms with Gasteiger partial charge in [-0.3, -0.25) is 4.79 Å². The Labute approximate surface area is 156 Å². The van der Waals surface area contributed by atoms with Gasteiger partial charge in [0.15, 0.2) is 0 Å². The van der Waals surface area contributed by atoms with Crippen LogP contribution in [0.2, 0.25) is 0 Å². The van der Waals surface area contributed by atoms with Gasteiger partial charge >= 0.3 is 0 Å². The Bertz CT molecular complexity index is 870. The van der Waals surface area contributed by atoms with Gasteiger partial charge in [0.1, 0.15) is 5.82 Å². The molecule has 0 aliphatic carbocycles. The zero-order valence-corrected chi connectivity index (χ0v) is 16.1. The molecule has 0 radical (unpaired) electrons. The Balaban J connectivity index is 1.55. The predicted molar refractivity (Wildman–Crippen MR) is 98.8 cm³/mol. The van der Waals surface area contributed by atoms with Crippen molar-refractivity contribution in [1.82, 2.24) is 9.62 Å². The van der Waals surface area contributed by atoms with Crippen LogP contribution >= 0.6 is 11.3 Å². The van der Waals surface area contributed by atoms with Crippen molar-refractivity contribution in [2.24, 2.45) is 5.92 Å². The van der Waals surface area contributed by atoms with Crippen molar-refractivity contribution in [3.8, 4) is 0 Å². The minimum Gasteiger partial charge on any atom is -0.351 e. The zero-order valence-electron chi connectivity index (χ0n) is 14.4. The number of hydrogen-bond donors (Lipinski definition) is 1. The summed E-state index contributed by atoms with van der Waals surface area (Å²) in [6.45, 7) is 3.10.